The zero-order valence-corrected chi connectivity index (χ0v) is 10.6. The minimum Gasteiger partial charge on any atom is -0.490 e. The van der Waals surface area contributed by atoms with Crippen LogP contribution in [0.25, 0.3) is 0 Å². The van der Waals surface area contributed by atoms with Gasteiger partial charge in [-0.1, -0.05) is 31.5 Å². The van der Waals surface area contributed by atoms with Crippen molar-refractivity contribution < 1.29 is 4.74 Å². The predicted octanol–water partition coefficient (Wildman–Crippen LogP) is 4.20. The first-order valence-electron chi connectivity index (χ1n) is 6.40. The van der Waals surface area contributed by atoms with Crippen molar-refractivity contribution in [2.45, 2.75) is 46.1 Å². The normalized spacial score (nSPS) is 25.0. The van der Waals surface area contributed by atoms with Gasteiger partial charge in [-0.15, -0.1) is 0 Å². The third kappa shape index (κ3) is 2.58. The number of rotatable bonds is 3. The molecule has 0 amide bonds. The Morgan fingerprint density at radius 2 is 1.81 bits per heavy atom. The van der Waals surface area contributed by atoms with Gasteiger partial charge in [-0.2, -0.15) is 0 Å². The Labute approximate surface area is 98.8 Å². The highest BCUT2D eigenvalue weighted by Crippen LogP contribution is 2.34. The Morgan fingerprint density at radius 1 is 1.12 bits per heavy atom. The van der Waals surface area contributed by atoms with Gasteiger partial charge in [0.05, 0.1) is 0 Å². The molecule has 1 saturated carbocycles. The molecule has 1 heteroatoms. The lowest BCUT2D eigenvalue weighted by atomic mass is 9.92. The Kier molecular flexibility index (Phi) is 3.52. The summed E-state index contributed by atoms with van der Waals surface area (Å²) in [5.41, 5.74) is 1.29. The molecule has 88 valence electrons. The van der Waals surface area contributed by atoms with Crippen LogP contribution in [-0.4, -0.2) is 6.10 Å². The van der Waals surface area contributed by atoms with Crippen LogP contribution in [0.1, 0.15) is 38.7 Å². The lowest BCUT2D eigenvalue weighted by Crippen LogP contribution is -2.25. The first-order valence-corrected chi connectivity index (χ1v) is 6.40. The fourth-order valence-electron chi connectivity index (χ4n) is 2.66. The lowest BCUT2D eigenvalue weighted by Gasteiger charge is -2.24. The molecule has 16 heavy (non-hydrogen) atoms. The molecule has 0 saturated heterocycles. The van der Waals surface area contributed by atoms with Crippen LogP contribution >= 0.6 is 0 Å². The molecule has 1 aliphatic carbocycles. The lowest BCUT2D eigenvalue weighted by molar-refractivity contribution is 0.131. The number of hydrogen-bond donors (Lipinski definition) is 0. The third-order valence-corrected chi connectivity index (χ3v) is 3.67. The largest absolute Gasteiger partial charge is 0.490 e. The Balaban J connectivity index is 2.01. The van der Waals surface area contributed by atoms with Gasteiger partial charge in [0.15, 0.2) is 0 Å². The first-order chi connectivity index (χ1) is 7.66. The van der Waals surface area contributed by atoms with Crippen molar-refractivity contribution in [2.75, 3.05) is 0 Å². The summed E-state index contributed by atoms with van der Waals surface area (Å²) in [6.07, 6.45) is 4.30. The molecule has 2 rings (SSSR count). The summed E-state index contributed by atoms with van der Waals surface area (Å²) in [5.74, 6) is 2.50. The molecule has 1 nitrogen and oxygen atoms in total. The second-order valence-electron chi connectivity index (χ2n) is 5.31. The van der Waals surface area contributed by atoms with Gasteiger partial charge in [0.2, 0.25) is 0 Å². The van der Waals surface area contributed by atoms with E-state index < -0.39 is 0 Å². The first kappa shape index (κ1) is 11.5. The fraction of sp³-hybridized carbons (Fsp3) is 0.600. The summed E-state index contributed by atoms with van der Waals surface area (Å²) in [6, 6.07) is 8.42. The van der Waals surface area contributed by atoms with Crippen LogP contribution < -0.4 is 4.74 Å². The maximum Gasteiger partial charge on any atom is 0.119 e. The van der Waals surface area contributed by atoms with Crippen LogP contribution in [0.2, 0.25) is 0 Å². The van der Waals surface area contributed by atoms with E-state index in [1.807, 2.05) is 0 Å². The van der Waals surface area contributed by atoms with Crippen LogP contribution in [-0.2, 0) is 0 Å². The van der Waals surface area contributed by atoms with E-state index in [1.54, 1.807) is 0 Å². The number of aryl methyl sites for hydroxylation is 1. The zero-order valence-electron chi connectivity index (χ0n) is 10.6. The maximum atomic E-state index is 6.10. The summed E-state index contributed by atoms with van der Waals surface area (Å²) < 4.78 is 6.10. The summed E-state index contributed by atoms with van der Waals surface area (Å²) in [7, 11) is 0. The molecule has 0 N–H and O–H groups in total. The van der Waals surface area contributed by atoms with Gasteiger partial charge in [-0.25, -0.2) is 0 Å². The Morgan fingerprint density at radius 3 is 2.44 bits per heavy atom. The van der Waals surface area contributed by atoms with E-state index in [0.29, 0.717) is 6.10 Å². The molecule has 0 aromatic heterocycles. The number of ether oxygens (including phenoxy) is 1. The molecular formula is C15H22O. The standard InChI is InChI=1S/C15H22O/c1-11(2)14-5-4-6-15(14)16-13-9-7-12(3)8-10-13/h7-11,14-15H,4-6H2,1-3H3. The van der Waals surface area contributed by atoms with E-state index in [-0.39, 0.29) is 0 Å². The molecule has 0 heterocycles. The fourth-order valence-corrected chi connectivity index (χ4v) is 2.66. The van der Waals surface area contributed by atoms with Crippen LogP contribution in [0.15, 0.2) is 24.3 Å². The Hall–Kier alpha value is -0.980. The molecule has 0 radical (unpaired) electrons. The van der Waals surface area contributed by atoms with Crippen molar-refractivity contribution >= 4 is 0 Å². The zero-order chi connectivity index (χ0) is 11.5. The average Bonchev–Trinajstić information content (AvgIpc) is 2.69. The molecule has 2 unspecified atom stereocenters. The highest BCUT2D eigenvalue weighted by atomic mass is 16.5. The monoisotopic (exact) mass is 218 g/mol. The molecular weight excluding hydrogens is 196 g/mol. The molecule has 1 fully saturated rings. The third-order valence-electron chi connectivity index (χ3n) is 3.67. The molecule has 1 aromatic rings. The topological polar surface area (TPSA) is 9.23 Å². The second-order valence-corrected chi connectivity index (χ2v) is 5.31. The quantitative estimate of drug-likeness (QED) is 0.739. The number of benzene rings is 1. The Bertz CT molecular complexity index is 326. The second kappa shape index (κ2) is 4.90. The van der Waals surface area contributed by atoms with Gasteiger partial charge in [0.1, 0.15) is 11.9 Å². The molecule has 1 aliphatic rings. The highest BCUT2D eigenvalue weighted by Gasteiger charge is 2.31. The van der Waals surface area contributed by atoms with Crippen molar-refractivity contribution in [2.24, 2.45) is 11.8 Å². The summed E-state index contributed by atoms with van der Waals surface area (Å²) in [4.78, 5) is 0. The summed E-state index contributed by atoms with van der Waals surface area (Å²) in [5, 5.41) is 0. The van der Waals surface area contributed by atoms with Crippen molar-refractivity contribution in [1.29, 1.82) is 0 Å². The van der Waals surface area contributed by atoms with Crippen LogP contribution in [0.3, 0.4) is 0 Å². The van der Waals surface area contributed by atoms with Gasteiger partial charge in [0, 0.05) is 0 Å². The molecule has 0 spiro atoms. The van der Waals surface area contributed by atoms with Gasteiger partial charge >= 0.3 is 0 Å². The van der Waals surface area contributed by atoms with Crippen LogP contribution in [0.5, 0.6) is 5.75 Å². The van der Waals surface area contributed by atoms with Gasteiger partial charge < -0.3 is 4.74 Å². The van der Waals surface area contributed by atoms with Gasteiger partial charge in [0.25, 0.3) is 0 Å². The minimum absolute atomic E-state index is 0.433. The maximum absolute atomic E-state index is 6.10. The van der Waals surface area contributed by atoms with E-state index in [0.717, 1.165) is 17.6 Å². The van der Waals surface area contributed by atoms with E-state index in [1.165, 1.54) is 24.8 Å². The summed E-state index contributed by atoms with van der Waals surface area (Å²) >= 11 is 0. The van der Waals surface area contributed by atoms with E-state index >= 15 is 0 Å². The van der Waals surface area contributed by atoms with E-state index in [4.69, 9.17) is 4.74 Å². The smallest absolute Gasteiger partial charge is 0.119 e. The van der Waals surface area contributed by atoms with E-state index in [9.17, 15) is 0 Å². The predicted molar refractivity (Wildman–Crippen MR) is 67.8 cm³/mol. The van der Waals surface area contributed by atoms with Crippen LogP contribution in [0.4, 0.5) is 0 Å². The van der Waals surface area contributed by atoms with Crippen LogP contribution in [0, 0.1) is 18.8 Å². The van der Waals surface area contributed by atoms with Crippen molar-refractivity contribution in [3.63, 3.8) is 0 Å². The van der Waals surface area contributed by atoms with E-state index in [2.05, 4.69) is 45.0 Å². The van der Waals surface area contributed by atoms with Crippen molar-refractivity contribution in [1.82, 2.24) is 0 Å². The molecule has 0 bridgehead atoms. The van der Waals surface area contributed by atoms with Gasteiger partial charge in [-0.05, 0) is 50.2 Å². The minimum atomic E-state index is 0.433. The van der Waals surface area contributed by atoms with Crippen molar-refractivity contribution in [3.8, 4) is 5.75 Å². The molecule has 1 aromatic carbocycles. The SMILES string of the molecule is Cc1ccc(OC2CCCC2C(C)C)cc1. The summed E-state index contributed by atoms with van der Waals surface area (Å²) in [6.45, 7) is 6.72. The highest BCUT2D eigenvalue weighted by molar-refractivity contribution is 5.26. The van der Waals surface area contributed by atoms with Gasteiger partial charge in [-0.3, -0.25) is 0 Å². The average molecular weight is 218 g/mol. The van der Waals surface area contributed by atoms with Crippen molar-refractivity contribution in [3.05, 3.63) is 29.8 Å². The molecule has 2 atom stereocenters. The number of hydrogen-bond acceptors (Lipinski definition) is 1. The molecule has 0 aliphatic heterocycles.